The Morgan fingerprint density at radius 2 is 1.78 bits per heavy atom. The molecule has 0 saturated carbocycles. The predicted octanol–water partition coefficient (Wildman–Crippen LogP) is 1.98. The summed E-state index contributed by atoms with van der Waals surface area (Å²) in [7, 11) is 0. The fourth-order valence-electron chi connectivity index (χ4n) is 2.84. The summed E-state index contributed by atoms with van der Waals surface area (Å²) in [5, 5.41) is 9.18. The van der Waals surface area contributed by atoms with Crippen LogP contribution >= 0.6 is 24.0 Å². The smallest absolute Gasteiger partial charge is 0.244 e. The van der Waals surface area contributed by atoms with Crippen LogP contribution in [0.3, 0.4) is 0 Å². The lowest BCUT2D eigenvalue weighted by molar-refractivity contribution is -0.128. The van der Waals surface area contributed by atoms with Crippen molar-refractivity contribution in [3.63, 3.8) is 0 Å². The number of hydrogen-bond donors (Lipinski definition) is 3. The zero-order valence-corrected chi connectivity index (χ0v) is 18.4. The molecule has 1 aromatic rings. The molecular weight excluding hydrogens is 457 g/mol. The fraction of sp³-hybridized carbons (Fsp3) is 0.526. The van der Waals surface area contributed by atoms with Crippen LogP contribution in [0.2, 0.25) is 0 Å². The summed E-state index contributed by atoms with van der Waals surface area (Å²) in [6.07, 6.45) is 3.01. The topological polar surface area (TPSA) is 85.8 Å². The van der Waals surface area contributed by atoms with Crippen LogP contribution in [0.4, 0.5) is 5.69 Å². The summed E-state index contributed by atoms with van der Waals surface area (Å²) in [4.78, 5) is 29.4. The van der Waals surface area contributed by atoms with Crippen molar-refractivity contribution in [2.75, 3.05) is 38.0 Å². The molecule has 0 unspecified atom stereocenters. The van der Waals surface area contributed by atoms with Crippen molar-refractivity contribution in [1.82, 2.24) is 15.5 Å². The number of likely N-dealkylation sites (tertiary alicyclic amines) is 1. The van der Waals surface area contributed by atoms with Crippen LogP contribution in [0.5, 0.6) is 0 Å². The Kier molecular flexibility index (Phi) is 10.8. The van der Waals surface area contributed by atoms with E-state index in [9.17, 15) is 9.59 Å². The van der Waals surface area contributed by atoms with Crippen molar-refractivity contribution < 1.29 is 9.59 Å². The largest absolute Gasteiger partial charge is 0.357 e. The van der Waals surface area contributed by atoms with Crippen molar-refractivity contribution in [1.29, 1.82) is 0 Å². The Balaban J connectivity index is 0.00000364. The summed E-state index contributed by atoms with van der Waals surface area (Å²) >= 11 is 0. The summed E-state index contributed by atoms with van der Waals surface area (Å²) in [6.45, 7) is 6.84. The van der Waals surface area contributed by atoms with Gasteiger partial charge in [-0.25, -0.2) is 4.99 Å². The van der Waals surface area contributed by atoms with Gasteiger partial charge in [0.1, 0.15) is 6.54 Å². The fourth-order valence-corrected chi connectivity index (χ4v) is 2.84. The van der Waals surface area contributed by atoms with Crippen LogP contribution in [-0.2, 0) is 16.0 Å². The second-order valence-corrected chi connectivity index (χ2v) is 6.34. The highest BCUT2D eigenvalue weighted by molar-refractivity contribution is 14.0. The van der Waals surface area contributed by atoms with Gasteiger partial charge in [0.25, 0.3) is 0 Å². The zero-order valence-electron chi connectivity index (χ0n) is 16.1. The Bertz CT molecular complexity index is 627. The quantitative estimate of drug-likeness (QED) is 0.312. The highest BCUT2D eigenvalue weighted by Crippen LogP contribution is 2.10. The minimum atomic E-state index is -0.0746. The lowest BCUT2D eigenvalue weighted by Gasteiger charge is -2.15. The average Bonchev–Trinajstić information content (AvgIpc) is 3.15. The number of nitrogens with zero attached hydrogens (tertiary/aromatic N) is 2. The average molecular weight is 487 g/mol. The third-order valence-corrected chi connectivity index (χ3v) is 4.16. The van der Waals surface area contributed by atoms with Gasteiger partial charge in [-0.3, -0.25) is 9.59 Å². The molecule has 1 fully saturated rings. The molecule has 0 aromatic heterocycles. The van der Waals surface area contributed by atoms with Crippen molar-refractivity contribution in [2.45, 2.75) is 33.1 Å². The van der Waals surface area contributed by atoms with E-state index in [1.165, 1.54) is 6.92 Å². The normalized spacial score (nSPS) is 13.7. The highest BCUT2D eigenvalue weighted by atomic mass is 127. The predicted molar refractivity (Wildman–Crippen MR) is 120 cm³/mol. The van der Waals surface area contributed by atoms with E-state index in [-0.39, 0.29) is 42.3 Å². The first-order valence-corrected chi connectivity index (χ1v) is 9.25. The number of carbonyl (C=O) groups excluding carboxylic acids is 2. The molecule has 8 heteroatoms. The van der Waals surface area contributed by atoms with E-state index >= 15 is 0 Å². The summed E-state index contributed by atoms with van der Waals surface area (Å²) in [5.41, 5.74) is 1.96. The second-order valence-electron chi connectivity index (χ2n) is 6.34. The molecule has 0 spiro atoms. The Labute approximate surface area is 178 Å². The van der Waals surface area contributed by atoms with Gasteiger partial charge in [0.2, 0.25) is 11.8 Å². The lowest BCUT2D eigenvalue weighted by Crippen LogP contribution is -2.39. The van der Waals surface area contributed by atoms with Gasteiger partial charge in [0.15, 0.2) is 5.96 Å². The van der Waals surface area contributed by atoms with E-state index in [1.54, 1.807) is 0 Å². The second kappa shape index (κ2) is 12.5. The number of halogens is 1. The summed E-state index contributed by atoms with van der Waals surface area (Å²) in [5.74, 6) is 0.678. The van der Waals surface area contributed by atoms with E-state index in [0.29, 0.717) is 12.5 Å². The number of aliphatic imine (C=N–C) groups is 1. The van der Waals surface area contributed by atoms with Gasteiger partial charge in [0, 0.05) is 38.8 Å². The first kappa shape index (κ1) is 23.2. The van der Waals surface area contributed by atoms with Crippen molar-refractivity contribution >= 4 is 47.4 Å². The number of nitrogens with one attached hydrogen (secondary N) is 3. The lowest BCUT2D eigenvalue weighted by atomic mass is 10.1. The first-order chi connectivity index (χ1) is 12.6. The summed E-state index contributed by atoms with van der Waals surface area (Å²) in [6, 6.07) is 7.78. The number of rotatable bonds is 7. The Morgan fingerprint density at radius 1 is 1.11 bits per heavy atom. The molecule has 1 aliphatic heterocycles. The van der Waals surface area contributed by atoms with Gasteiger partial charge < -0.3 is 20.9 Å². The highest BCUT2D eigenvalue weighted by Gasteiger charge is 2.17. The molecule has 0 bridgehead atoms. The zero-order chi connectivity index (χ0) is 18.8. The van der Waals surface area contributed by atoms with Gasteiger partial charge in [-0.2, -0.15) is 0 Å². The van der Waals surface area contributed by atoms with Gasteiger partial charge in [0.05, 0.1) is 0 Å². The van der Waals surface area contributed by atoms with Crippen LogP contribution in [-0.4, -0.2) is 55.4 Å². The monoisotopic (exact) mass is 487 g/mol. The molecule has 1 aromatic carbocycles. The van der Waals surface area contributed by atoms with Crippen LogP contribution in [0, 0.1) is 0 Å². The number of anilines is 1. The minimum absolute atomic E-state index is 0. The Hall–Kier alpha value is -1.84. The van der Waals surface area contributed by atoms with Crippen LogP contribution < -0.4 is 16.0 Å². The molecule has 2 amide bonds. The molecule has 150 valence electrons. The van der Waals surface area contributed by atoms with Crippen LogP contribution in [0.1, 0.15) is 32.3 Å². The molecule has 1 aliphatic rings. The number of amides is 2. The third kappa shape index (κ3) is 8.59. The standard InChI is InChI=1S/C19H29N5O2.HI/c1-3-20-19(22-14-18(26)24-12-4-5-13-24)21-11-10-16-6-8-17(9-7-16)23-15(2)25;/h6-9H,3-5,10-14H2,1-2H3,(H,23,25)(H2,20,21,22);1H. The van der Waals surface area contributed by atoms with Crippen LogP contribution in [0.25, 0.3) is 0 Å². The SMILES string of the molecule is CCNC(=NCC(=O)N1CCCC1)NCCc1ccc(NC(C)=O)cc1.I. The van der Waals surface area contributed by atoms with E-state index in [0.717, 1.165) is 50.1 Å². The van der Waals surface area contributed by atoms with Crippen molar-refractivity contribution in [3.8, 4) is 0 Å². The van der Waals surface area contributed by atoms with E-state index in [1.807, 2.05) is 36.1 Å². The molecule has 27 heavy (non-hydrogen) atoms. The molecular formula is C19H30IN5O2. The van der Waals surface area contributed by atoms with Crippen molar-refractivity contribution in [2.24, 2.45) is 4.99 Å². The molecule has 3 N–H and O–H groups in total. The third-order valence-electron chi connectivity index (χ3n) is 4.16. The van der Waals surface area contributed by atoms with Gasteiger partial charge in [-0.15, -0.1) is 24.0 Å². The minimum Gasteiger partial charge on any atom is -0.357 e. The maximum atomic E-state index is 12.1. The number of carbonyl (C=O) groups is 2. The van der Waals surface area contributed by atoms with E-state index in [4.69, 9.17) is 0 Å². The molecule has 7 nitrogen and oxygen atoms in total. The maximum absolute atomic E-state index is 12.1. The van der Waals surface area contributed by atoms with E-state index in [2.05, 4.69) is 20.9 Å². The van der Waals surface area contributed by atoms with Crippen LogP contribution in [0.15, 0.2) is 29.3 Å². The van der Waals surface area contributed by atoms with E-state index < -0.39 is 0 Å². The molecule has 1 saturated heterocycles. The Morgan fingerprint density at radius 3 is 2.37 bits per heavy atom. The van der Waals surface area contributed by atoms with Gasteiger partial charge in [-0.1, -0.05) is 12.1 Å². The van der Waals surface area contributed by atoms with Gasteiger partial charge in [-0.05, 0) is 43.9 Å². The molecule has 2 rings (SSSR count). The number of benzene rings is 1. The first-order valence-electron chi connectivity index (χ1n) is 9.25. The maximum Gasteiger partial charge on any atom is 0.244 e. The molecule has 1 heterocycles. The molecule has 0 radical (unpaired) electrons. The number of hydrogen-bond acceptors (Lipinski definition) is 3. The van der Waals surface area contributed by atoms with Gasteiger partial charge >= 0.3 is 0 Å². The van der Waals surface area contributed by atoms with Crippen molar-refractivity contribution in [3.05, 3.63) is 29.8 Å². The summed E-state index contributed by atoms with van der Waals surface area (Å²) < 4.78 is 0. The molecule has 0 atom stereocenters. The molecule has 0 aliphatic carbocycles. The number of guanidine groups is 1.